The topological polar surface area (TPSA) is 9.72 Å². The molecule has 0 amide bonds. The van der Waals surface area contributed by atoms with Crippen LogP contribution in [0.3, 0.4) is 0 Å². The van der Waals surface area contributed by atoms with Crippen molar-refractivity contribution in [3.05, 3.63) is 204 Å². The molecule has 0 saturated heterocycles. The zero-order chi connectivity index (χ0) is 48.6. The van der Waals surface area contributed by atoms with Gasteiger partial charge in [0.05, 0.1) is 11.4 Å². The zero-order valence-corrected chi connectivity index (χ0v) is 43.4. The molecule has 1 aliphatic carbocycles. The molecule has 0 saturated carbocycles. The molecule has 9 aromatic rings. The lowest BCUT2D eigenvalue weighted by molar-refractivity contribution is 0.590. The SMILES string of the molecule is CC(C)(C)c1ccc(N2c3ccc(C(C)(C)C)cc3B3c4sc5cc6c(cc5c4N(c4ccc(C(C)(C)C)cc4)c4cc(N(c5ccccc5)c5ccccc5)cc2c43)-c2ccccc2C6(C)C)cc1. The Morgan fingerprint density at radius 2 is 0.971 bits per heavy atom. The van der Waals surface area contributed by atoms with E-state index >= 15 is 0 Å². The molecule has 0 radical (unpaired) electrons. The van der Waals surface area contributed by atoms with E-state index in [1.54, 1.807) is 0 Å². The summed E-state index contributed by atoms with van der Waals surface area (Å²) in [6.07, 6.45) is 0. The predicted octanol–water partition coefficient (Wildman–Crippen LogP) is 16.7. The summed E-state index contributed by atoms with van der Waals surface area (Å²) in [6, 6.07) is 67.2. The number of fused-ring (bicyclic) bond motifs is 9. The Morgan fingerprint density at radius 1 is 0.457 bits per heavy atom. The largest absolute Gasteiger partial charge is 0.311 e. The number of rotatable bonds is 5. The highest BCUT2D eigenvalue weighted by Gasteiger charge is 2.47. The highest BCUT2D eigenvalue weighted by Crippen LogP contribution is 2.55. The van der Waals surface area contributed by atoms with Crippen molar-refractivity contribution in [3.63, 3.8) is 0 Å². The van der Waals surface area contributed by atoms with Gasteiger partial charge in [-0.3, -0.25) is 0 Å². The van der Waals surface area contributed by atoms with Crippen LogP contribution in [0.25, 0.3) is 21.2 Å². The second-order valence-electron chi connectivity index (χ2n) is 23.5. The lowest BCUT2D eigenvalue weighted by Gasteiger charge is -2.44. The lowest BCUT2D eigenvalue weighted by Crippen LogP contribution is -2.60. The van der Waals surface area contributed by atoms with E-state index in [1.807, 2.05) is 11.3 Å². The number of hydrogen-bond donors (Lipinski definition) is 0. The molecule has 0 atom stereocenters. The first-order chi connectivity index (χ1) is 33.4. The Kier molecular flexibility index (Phi) is 9.89. The average Bonchev–Trinajstić information content (AvgIpc) is 3.81. The Bertz CT molecular complexity index is 3470. The molecule has 2 aliphatic heterocycles. The molecule has 0 bridgehead atoms. The molecule has 346 valence electrons. The van der Waals surface area contributed by atoms with Crippen molar-refractivity contribution in [1.82, 2.24) is 0 Å². The first kappa shape index (κ1) is 44.4. The Hall–Kier alpha value is -6.82. The maximum absolute atomic E-state index is 2.64. The van der Waals surface area contributed by atoms with Crippen LogP contribution in [0.5, 0.6) is 0 Å². The summed E-state index contributed by atoms with van der Waals surface area (Å²) in [6.45, 7) is 25.7. The van der Waals surface area contributed by atoms with Crippen LogP contribution >= 0.6 is 11.3 Å². The van der Waals surface area contributed by atoms with Crippen molar-refractivity contribution in [1.29, 1.82) is 0 Å². The van der Waals surface area contributed by atoms with Crippen LogP contribution in [0, 0.1) is 0 Å². The van der Waals surface area contributed by atoms with Crippen molar-refractivity contribution >= 4 is 95.0 Å². The minimum absolute atomic E-state index is 0.00890. The summed E-state index contributed by atoms with van der Waals surface area (Å²) in [5, 5.41) is 1.31. The molecule has 1 aromatic heterocycles. The molecule has 3 aliphatic rings. The molecular weight excluding hydrogens is 866 g/mol. The molecule has 12 rings (SSSR count). The summed E-state index contributed by atoms with van der Waals surface area (Å²) in [5.41, 5.74) is 22.6. The van der Waals surface area contributed by atoms with E-state index in [0.717, 1.165) is 28.4 Å². The second-order valence-corrected chi connectivity index (χ2v) is 24.6. The van der Waals surface area contributed by atoms with Gasteiger partial charge in [0.2, 0.25) is 0 Å². The second kappa shape index (κ2) is 15.6. The fourth-order valence-electron chi connectivity index (χ4n) is 11.6. The van der Waals surface area contributed by atoms with Crippen LogP contribution in [-0.2, 0) is 21.7 Å². The maximum Gasteiger partial charge on any atom is 0.264 e. The average molecular weight is 928 g/mol. The summed E-state index contributed by atoms with van der Waals surface area (Å²) in [7, 11) is 0. The van der Waals surface area contributed by atoms with E-state index < -0.39 is 0 Å². The third-order valence-corrected chi connectivity index (χ3v) is 16.7. The number of anilines is 9. The van der Waals surface area contributed by atoms with Crippen LogP contribution in [0.1, 0.15) is 104 Å². The molecular formula is C65H62BN3S. The molecule has 0 spiro atoms. The van der Waals surface area contributed by atoms with Gasteiger partial charge in [-0.1, -0.05) is 173 Å². The predicted molar refractivity (Wildman–Crippen MR) is 304 cm³/mol. The zero-order valence-electron chi connectivity index (χ0n) is 42.6. The number of hydrogen-bond acceptors (Lipinski definition) is 4. The van der Waals surface area contributed by atoms with Gasteiger partial charge in [0.15, 0.2) is 0 Å². The van der Waals surface area contributed by atoms with Crippen LogP contribution in [0.15, 0.2) is 176 Å². The Labute approximate surface area is 420 Å². The molecule has 3 nitrogen and oxygen atoms in total. The van der Waals surface area contributed by atoms with Gasteiger partial charge in [0.25, 0.3) is 6.71 Å². The lowest BCUT2D eigenvalue weighted by atomic mass is 9.36. The van der Waals surface area contributed by atoms with E-state index in [2.05, 4.69) is 267 Å². The van der Waals surface area contributed by atoms with Crippen LogP contribution in [-0.4, -0.2) is 6.71 Å². The summed E-state index contributed by atoms with van der Waals surface area (Å²) in [5.74, 6) is 0. The van der Waals surface area contributed by atoms with E-state index in [4.69, 9.17) is 0 Å². The van der Waals surface area contributed by atoms with Crippen molar-refractivity contribution in [2.75, 3.05) is 14.7 Å². The van der Waals surface area contributed by atoms with Gasteiger partial charge in [0, 0.05) is 60.1 Å². The molecule has 3 heterocycles. The van der Waals surface area contributed by atoms with Crippen molar-refractivity contribution in [3.8, 4) is 11.1 Å². The van der Waals surface area contributed by atoms with Gasteiger partial charge in [-0.25, -0.2) is 0 Å². The first-order valence-corrected chi connectivity index (χ1v) is 25.9. The fourth-order valence-corrected chi connectivity index (χ4v) is 13.0. The maximum atomic E-state index is 2.64. The Balaban J connectivity index is 1.23. The molecule has 70 heavy (non-hydrogen) atoms. The van der Waals surface area contributed by atoms with Gasteiger partial charge in [-0.15, -0.1) is 11.3 Å². The van der Waals surface area contributed by atoms with Gasteiger partial charge in [-0.2, -0.15) is 0 Å². The van der Waals surface area contributed by atoms with Crippen LogP contribution in [0.2, 0.25) is 0 Å². The van der Waals surface area contributed by atoms with E-state index in [9.17, 15) is 0 Å². The van der Waals surface area contributed by atoms with Crippen molar-refractivity contribution in [2.45, 2.75) is 97.8 Å². The van der Waals surface area contributed by atoms with E-state index in [1.165, 1.54) is 87.5 Å². The smallest absolute Gasteiger partial charge is 0.264 e. The molecule has 5 heteroatoms. The summed E-state index contributed by atoms with van der Waals surface area (Å²) < 4.78 is 2.73. The molecule has 0 N–H and O–H groups in total. The van der Waals surface area contributed by atoms with E-state index in [-0.39, 0.29) is 28.4 Å². The molecule has 0 fully saturated rings. The van der Waals surface area contributed by atoms with E-state index in [0.29, 0.717) is 0 Å². The Morgan fingerprint density at radius 3 is 1.54 bits per heavy atom. The highest BCUT2D eigenvalue weighted by atomic mass is 32.1. The van der Waals surface area contributed by atoms with Crippen LogP contribution in [0.4, 0.5) is 51.2 Å². The van der Waals surface area contributed by atoms with Gasteiger partial charge >= 0.3 is 0 Å². The van der Waals surface area contributed by atoms with Crippen LogP contribution < -0.4 is 30.4 Å². The quantitative estimate of drug-likeness (QED) is 0.159. The summed E-state index contributed by atoms with van der Waals surface area (Å²) in [4.78, 5) is 7.67. The van der Waals surface area contributed by atoms with Crippen molar-refractivity contribution < 1.29 is 0 Å². The van der Waals surface area contributed by atoms with Gasteiger partial charge < -0.3 is 14.7 Å². The minimum Gasteiger partial charge on any atom is -0.311 e. The first-order valence-electron chi connectivity index (χ1n) is 25.1. The third-order valence-electron chi connectivity index (χ3n) is 15.5. The monoisotopic (exact) mass is 927 g/mol. The number of nitrogens with zero attached hydrogens (tertiary/aromatic N) is 3. The third kappa shape index (κ3) is 6.90. The molecule has 8 aromatic carbocycles. The minimum atomic E-state index is -0.113. The van der Waals surface area contributed by atoms with Crippen molar-refractivity contribution in [2.24, 2.45) is 0 Å². The number of para-hydroxylation sites is 2. The number of benzene rings is 8. The highest BCUT2D eigenvalue weighted by molar-refractivity contribution is 7.33. The molecule has 0 unspecified atom stereocenters. The fraction of sp³-hybridized carbons (Fsp3) is 0.231. The standard InChI is InChI=1S/C65H62BN3S/c1-62(2,3)41-26-31-46(32-27-41)68-55-35-30-43(64(7,8)9)36-54(55)66-59-56(68)37-48(67(44-20-14-12-15-21-44)45-22-16-13-17-23-45)38-57(59)69(47-33-28-42(29-34-47)63(4,5)6)60-51-39-50-49-24-18-19-25-52(49)65(10,11)53(50)40-58(51)70-61(60)66/h12-40H,1-11H3. The number of thiophene rings is 1. The van der Waals surface area contributed by atoms with Gasteiger partial charge in [-0.05, 0) is 145 Å². The summed E-state index contributed by atoms with van der Waals surface area (Å²) >= 11 is 2.00. The normalized spacial score (nSPS) is 14.5. The van der Waals surface area contributed by atoms with Gasteiger partial charge in [0.1, 0.15) is 0 Å².